The van der Waals surface area contributed by atoms with Gasteiger partial charge in [0.05, 0.1) is 0 Å². The Bertz CT molecular complexity index is 418. The summed E-state index contributed by atoms with van der Waals surface area (Å²) in [6.45, 7) is 8.06. The molecular formula is C17H29N3. The van der Waals surface area contributed by atoms with Crippen LogP contribution < -0.4 is 10.2 Å². The second-order valence-electron chi connectivity index (χ2n) is 5.87. The van der Waals surface area contributed by atoms with Crippen LogP contribution in [-0.2, 0) is 0 Å². The molecule has 0 aromatic heterocycles. The van der Waals surface area contributed by atoms with Crippen LogP contribution in [0.2, 0.25) is 0 Å². The number of hydrogen-bond donors (Lipinski definition) is 1. The van der Waals surface area contributed by atoms with Crippen LogP contribution in [0.4, 0.5) is 5.69 Å². The number of rotatable bonds is 6. The second-order valence-corrected chi connectivity index (χ2v) is 5.87. The van der Waals surface area contributed by atoms with Crippen LogP contribution >= 0.6 is 0 Å². The zero-order valence-corrected chi connectivity index (χ0v) is 13.4. The lowest BCUT2D eigenvalue weighted by molar-refractivity contribution is 0.270. The molecule has 0 saturated carbocycles. The summed E-state index contributed by atoms with van der Waals surface area (Å²) >= 11 is 0. The molecule has 0 spiro atoms. The van der Waals surface area contributed by atoms with Crippen molar-refractivity contribution in [1.82, 2.24) is 10.2 Å². The van der Waals surface area contributed by atoms with E-state index in [0.29, 0.717) is 12.1 Å². The van der Waals surface area contributed by atoms with Gasteiger partial charge in [0.2, 0.25) is 0 Å². The zero-order valence-electron chi connectivity index (χ0n) is 13.4. The van der Waals surface area contributed by atoms with Crippen molar-refractivity contribution < 1.29 is 0 Å². The molecule has 1 saturated heterocycles. The molecule has 2 rings (SSSR count). The Kier molecular flexibility index (Phi) is 5.44. The van der Waals surface area contributed by atoms with Crippen molar-refractivity contribution in [2.45, 2.75) is 38.8 Å². The third-order valence-corrected chi connectivity index (χ3v) is 4.64. The summed E-state index contributed by atoms with van der Waals surface area (Å²) in [7, 11) is 4.25. The molecule has 1 fully saturated rings. The molecule has 3 heteroatoms. The van der Waals surface area contributed by atoms with E-state index in [0.717, 1.165) is 6.54 Å². The Morgan fingerprint density at radius 1 is 1.40 bits per heavy atom. The lowest BCUT2D eigenvalue weighted by atomic mass is 10.0. The van der Waals surface area contributed by atoms with Gasteiger partial charge in [-0.05, 0) is 51.5 Å². The normalized spacial score (nSPS) is 21.1. The standard InChI is InChI=1S/C17H29N3/c1-5-20-12-8-9-15(20)13-19(4)17-11-7-6-10-16(17)14(2)18-3/h6-7,10-11,14-15,18H,5,8-9,12-13H2,1-4H3. The number of likely N-dealkylation sites (N-methyl/N-ethyl adjacent to an activating group) is 2. The number of benzene rings is 1. The van der Waals surface area contributed by atoms with Gasteiger partial charge in [-0.3, -0.25) is 4.90 Å². The van der Waals surface area contributed by atoms with E-state index in [9.17, 15) is 0 Å². The number of hydrogen-bond acceptors (Lipinski definition) is 3. The first kappa shape index (κ1) is 15.3. The number of nitrogens with one attached hydrogen (secondary N) is 1. The van der Waals surface area contributed by atoms with Crippen molar-refractivity contribution in [1.29, 1.82) is 0 Å². The topological polar surface area (TPSA) is 18.5 Å². The highest BCUT2D eigenvalue weighted by Crippen LogP contribution is 2.27. The minimum absolute atomic E-state index is 0.388. The molecule has 2 unspecified atom stereocenters. The molecule has 1 aromatic rings. The van der Waals surface area contributed by atoms with Crippen LogP contribution in [0.3, 0.4) is 0 Å². The highest BCUT2D eigenvalue weighted by atomic mass is 15.2. The van der Waals surface area contributed by atoms with Crippen molar-refractivity contribution in [3.63, 3.8) is 0 Å². The molecule has 0 aliphatic carbocycles. The van der Waals surface area contributed by atoms with Crippen LogP contribution in [0.5, 0.6) is 0 Å². The molecule has 0 bridgehead atoms. The molecule has 1 aromatic carbocycles. The third-order valence-electron chi connectivity index (χ3n) is 4.64. The van der Waals surface area contributed by atoms with Gasteiger partial charge in [-0.25, -0.2) is 0 Å². The van der Waals surface area contributed by atoms with Crippen LogP contribution in [0.25, 0.3) is 0 Å². The van der Waals surface area contributed by atoms with E-state index >= 15 is 0 Å². The average Bonchev–Trinajstić information content (AvgIpc) is 2.93. The van der Waals surface area contributed by atoms with Gasteiger partial charge in [-0.15, -0.1) is 0 Å². The first-order chi connectivity index (χ1) is 9.67. The fourth-order valence-electron chi connectivity index (χ4n) is 3.29. The molecule has 0 amide bonds. The molecule has 1 heterocycles. The average molecular weight is 275 g/mol. The highest BCUT2D eigenvalue weighted by Gasteiger charge is 2.24. The van der Waals surface area contributed by atoms with E-state index < -0.39 is 0 Å². The van der Waals surface area contributed by atoms with Gasteiger partial charge in [-0.2, -0.15) is 0 Å². The van der Waals surface area contributed by atoms with Crippen LogP contribution in [0.1, 0.15) is 38.3 Å². The maximum absolute atomic E-state index is 3.35. The first-order valence-corrected chi connectivity index (χ1v) is 7.88. The number of anilines is 1. The first-order valence-electron chi connectivity index (χ1n) is 7.88. The van der Waals surface area contributed by atoms with Crippen molar-refractivity contribution in [3.8, 4) is 0 Å². The van der Waals surface area contributed by atoms with E-state index in [1.165, 1.54) is 37.2 Å². The SMILES string of the molecule is CCN1CCCC1CN(C)c1ccccc1C(C)NC. The Labute approximate surface area is 124 Å². The van der Waals surface area contributed by atoms with Gasteiger partial charge >= 0.3 is 0 Å². The Balaban J connectivity index is 2.11. The van der Waals surface area contributed by atoms with Gasteiger partial charge in [0.1, 0.15) is 0 Å². The number of likely N-dealkylation sites (tertiary alicyclic amines) is 1. The number of nitrogens with zero attached hydrogens (tertiary/aromatic N) is 2. The highest BCUT2D eigenvalue weighted by molar-refractivity contribution is 5.54. The largest absolute Gasteiger partial charge is 0.373 e. The monoisotopic (exact) mass is 275 g/mol. The van der Waals surface area contributed by atoms with E-state index in [1.807, 2.05) is 7.05 Å². The van der Waals surface area contributed by atoms with Crippen molar-refractivity contribution in [3.05, 3.63) is 29.8 Å². The molecule has 20 heavy (non-hydrogen) atoms. The van der Waals surface area contributed by atoms with E-state index in [-0.39, 0.29) is 0 Å². The summed E-state index contributed by atoms with van der Waals surface area (Å²) in [6, 6.07) is 9.86. The molecule has 3 nitrogen and oxygen atoms in total. The third kappa shape index (κ3) is 3.33. The summed E-state index contributed by atoms with van der Waals surface area (Å²) in [5.74, 6) is 0. The van der Waals surface area contributed by atoms with Crippen molar-refractivity contribution in [2.75, 3.05) is 38.6 Å². The smallest absolute Gasteiger partial charge is 0.0412 e. The van der Waals surface area contributed by atoms with Crippen molar-refractivity contribution >= 4 is 5.69 Å². The second kappa shape index (κ2) is 7.09. The van der Waals surface area contributed by atoms with E-state index in [2.05, 4.69) is 60.3 Å². The van der Waals surface area contributed by atoms with Crippen molar-refractivity contribution in [2.24, 2.45) is 0 Å². The molecule has 0 radical (unpaired) electrons. The predicted molar refractivity (Wildman–Crippen MR) is 87.5 cm³/mol. The van der Waals surface area contributed by atoms with Gasteiger partial charge in [0, 0.05) is 31.4 Å². The number of para-hydroxylation sites is 1. The van der Waals surface area contributed by atoms with Gasteiger partial charge < -0.3 is 10.2 Å². The Morgan fingerprint density at radius 3 is 2.85 bits per heavy atom. The van der Waals surface area contributed by atoms with Crippen LogP contribution in [0, 0.1) is 0 Å². The molecule has 1 N–H and O–H groups in total. The van der Waals surface area contributed by atoms with Gasteiger partial charge in [0.15, 0.2) is 0 Å². The summed E-state index contributed by atoms with van der Waals surface area (Å²) in [4.78, 5) is 5.04. The fraction of sp³-hybridized carbons (Fsp3) is 0.647. The van der Waals surface area contributed by atoms with Crippen LogP contribution in [0.15, 0.2) is 24.3 Å². The fourth-order valence-corrected chi connectivity index (χ4v) is 3.29. The predicted octanol–water partition coefficient (Wildman–Crippen LogP) is 2.89. The summed E-state index contributed by atoms with van der Waals surface area (Å²) < 4.78 is 0. The summed E-state index contributed by atoms with van der Waals surface area (Å²) in [6.07, 6.45) is 2.68. The maximum Gasteiger partial charge on any atom is 0.0412 e. The summed E-state index contributed by atoms with van der Waals surface area (Å²) in [5, 5.41) is 3.35. The molecule has 1 aliphatic heterocycles. The lowest BCUT2D eigenvalue weighted by Gasteiger charge is -2.31. The molecule has 112 valence electrons. The Morgan fingerprint density at radius 2 is 2.15 bits per heavy atom. The molecular weight excluding hydrogens is 246 g/mol. The summed E-state index contributed by atoms with van der Waals surface area (Å²) in [5.41, 5.74) is 2.75. The lowest BCUT2D eigenvalue weighted by Crippen LogP contribution is -2.39. The maximum atomic E-state index is 3.35. The van der Waals surface area contributed by atoms with E-state index in [1.54, 1.807) is 0 Å². The van der Waals surface area contributed by atoms with Gasteiger partial charge in [-0.1, -0.05) is 25.1 Å². The quantitative estimate of drug-likeness (QED) is 0.861. The molecule has 2 atom stereocenters. The Hall–Kier alpha value is -1.06. The minimum Gasteiger partial charge on any atom is -0.373 e. The zero-order chi connectivity index (χ0) is 14.5. The minimum atomic E-state index is 0.388. The van der Waals surface area contributed by atoms with E-state index in [4.69, 9.17) is 0 Å². The van der Waals surface area contributed by atoms with Crippen LogP contribution in [-0.4, -0.2) is 44.7 Å². The van der Waals surface area contributed by atoms with Gasteiger partial charge in [0.25, 0.3) is 0 Å². The molecule has 1 aliphatic rings.